The van der Waals surface area contributed by atoms with E-state index in [1.54, 1.807) is 0 Å². The van der Waals surface area contributed by atoms with Crippen molar-refractivity contribution >= 4 is 0 Å². The molecule has 0 N–H and O–H groups in total. The van der Waals surface area contributed by atoms with Gasteiger partial charge >= 0.3 is 0 Å². The van der Waals surface area contributed by atoms with Crippen LogP contribution in [0.25, 0.3) is 0 Å². The summed E-state index contributed by atoms with van der Waals surface area (Å²) in [6.45, 7) is 7.39. The molecule has 17 heavy (non-hydrogen) atoms. The average molecular weight is 229 g/mol. The normalized spacial score (nSPS) is 17.8. The van der Waals surface area contributed by atoms with Crippen molar-refractivity contribution in [3.8, 4) is 12.1 Å². The number of nitriles is 2. The highest BCUT2D eigenvalue weighted by Crippen LogP contribution is 2.39. The Bertz CT molecular complexity index is 425. The molecule has 0 aromatic rings. The molecule has 0 bridgehead atoms. The fraction of sp³-hybridized carbons (Fsp3) is 0.571. The summed E-state index contributed by atoms with van der Waals surface area (Å²) in [7, 11) is 2.04. The molecule has 3 heteroatoms. The maximum absolute atomic E-state index is 8.96. The van der Waals surface area contributed by atoms with Gasteiger partial charge < -0.3 is 4.90 Å². The van der Waals surface area contributed by atoms with E-state index in [0.29, 0.717) is 0 Å². The van der Waals surface area contributed by atoms with Crippen molar-refractivity contribution in [2.75, 3.05) is 13.6 Å². The summed E-state index contributed by atoms with van der Waals surface area (Å²) < 4.78 is 0. The minimum atomic E-state index is 0.113. The highest BCUT2D eigenvalue weighted by molar-refractivity contribution is 5.47. The van der Waals surface area contributed by atoms with Gasteiger partial charge in [-0.15, -0.1) is 0 Å². The van der Waals surface area contributed by atoms with Crippen LogP contribution in [0.2, 0.25) is 0 Å². The van der Waals surface area contributed by atoms with Gasteiger partial charge in [0.1, 0.15) is 17.7 Å². The molecule has 0 saturated carbocycles. The van der Waals surface area contributed by atoms with Crippen LogP contribution in [0.3, 0.4) is 0 Å². The SMILES string of the molecule is CCN(C)C1=CC(=C(C#N)C#N)CC(C)(C)C1. The van der Waals surface area contributed by atoms with E-state index in [2.05, 4.69) is 25.7 Å². The Hall–Kier alpha value is -1.74. The summed E-state index contributed by atoms with van der Waals surface area (Å²) in [5, 5.41) is 17.9. The van der Waals surface area contributed by atoms with E-state index < -0.39 is 0 Å². The van der Waals surface area contributed by atoms with Gasteiger partial charge in [0.2, 0.25) is 0 Å². The van der Waals surface area contributed by atoms with Crippen molar-refractivity contribution in [1.29, 1.82) is 10.5 Å². The topological polar surface area (TPSA) is 50.8 Å². The van der Waals surface area contributed by atoms with Crippen LogP contribution in [0.1, 0.15) is 33.6 Å². The van der Waals surface area contributed by atoms with Gasteiger partial charge in [0, 0.05) is 19.3 Å². The van der Waals surface area contributed by atoms with E-state index in [4.69, 9.17) is 10.5 Å². The molecule has 0 aliphatic heterocycles. The summed E-state index contributed by atoms with van der Waals surface area (Å²) in [6.07, 6.45) is 3.80. The van der Waals surface area contributed by atoms with Gasteiger partial charge in [-0.3, -0.25) is 0 Å². The minimum Gasteiger partial charge on any atom is -0.378 e. The molecule has 90 valence electrons. The zero-order valence-corrected chi connectivity index (χ0v) is 11.0. The Morgan fingerprint density at radius 1 is 1.35 bits per heavy atom. The molecular weight excluding hydrogens is 210 g/mol. The second-order valence-corrected chi connectivity index (χ2v) is 5.29. The third-order valence-corrected chi connectivity index (χ3v) is 3.18. The predicted molar refractivity (Wildman–Crippen MR) is 67.7 cm³/mol. The number of nitrogens with zero attached hydrogens (tertiary/aromatic N) is 3. The Labute approximate surface area is 104 Å². The molecule has 0 spiro atoms. The summed E-state index contributed by atoms with van der Waals surface area (Å²) in [5.74, 6) is 0. The maximum Gasteiger partial charge on any atom is 0.132 e. The van der Waals surface area contributed by atoms with Crippen LogP contribution in [-0.4, -0.2) is 18.5 Å². The van der Waals surface area contributed by atoms with Gasteiger partial charge in [-0.2, -0.15) is 10.5 Å². The smallest absolute Gasteiger partial charge is 0.132 e. The molecule has 1 aliphatic carbocycles. The number of hydrogen-bond acceptors (Lipinski definition) is 3. The van der Waals surface area contributed by atoms with E-state index in [-0.39, 0.29) is 11.0 Å². The average Bonchev–Trinajstić information content (AvgIpc) is 2.27. The lowest BCUT2D eigenvalue weighted by atomic mass is 9.76. The summed E-state index contributed by atoms with van der Waals surface area (Å²) in [4.78, 5) is 2.17. The second kappa shape index (κ2) is 5.06. The van der Waals surface area contributed by atoms with Crippen LogP contribution >= 0.6 is 0 Å². The van der Waals surface area contributed by atoms with Crippen molar-refractivity contribution in [2.24, 2.45) is 5.41 Å². The molecule has 3 nitrogen and oxygen atoms in total. The van der Waals surface area contributed by atoms with Gasteiger partial charge in [-0.05, 0) is 36.8 Å². The van der Waals surface area contributed by atoms with E-state index in [1.807, 2.05) is 25.3 Å². The summed E-state index contributed by atoms with van der Waals surface area (Å²) in [5.41, 5.74) is 2.45. The molecule has 0 aromatic carbocycles. The largest absolute Gasteiger partial charge is 0.378 e. The lowest BCUT2D eigenvalue weighted by Gasteiger charge is -2.35. The van der Waals surface area contributed by atoms with Gasteiger partial charge in [-0.1, -0.05) is 13.8 Å². The molecule has 0 saturated heterocycles. The first-order valence-electron chi connectivity index (χ1n) is 5.88. The highest BCUT2D eigenvalue weighted by Gasteiger charge is 2.28. The molecule has 0 heterocycles. The Kier molecular flexibility index (Phi) is 3.97. The zero-order chi connectivity index (χ0) is 13.1. The third kappa shape index (κ3) is 3.11. The van der Waals surface area contributed by atoms with Crippen molar-refractivity contribution < 1.29 is 0 Å². The molecule has 1 aliphatic rings. The Balaban J connectivity index is 3.23. The fourth-order valence-corrected chi connectivity index (χ4v) is 2.15. The van der Waals surface area contributed by atoms with E-state index in [9.17, 15) is 0 Å². The summed E-state index contributed by atoms with van der Waals surface area (Å²) >= 11 is 0. The molecule has 0 fully saturated rings. The van der Waals surface area contributed by atoms with Crippen LogP contribution in [0.15, 0.2) is 22.9 Å². The van der Waals surface area contributed by atoms with Crippen molar-refractivity contribution in [3.63, 3.8) is 0 Å². The molecule has 0 amide bonds. The van der Waals surface area contributed by atoms with Crippen LogP contribution in [0.4, 0.5) is 0 Å². The fourth-order valence-electron chi connectivity index (χ4n) is 2.15. The quantitative estimate of drug-likeness (QED) is 0.684. The molecule has 0 aromatic heterocycles. The number of rotatable bonds is 2. The third-order valence-electron chi connectivity index (χ3n) is 3.18. The first-order chi connectivity index (χ1) is 7.93. The molecule has 0 atom stereocenters. The predicted octanol–water partition coefficient (Wildman–Crippen LogP) is 2.99. The highest BCUT2D eigenvalue weighted by atomic mass is 15.1. The van der Waals surface area contributed by atoms with Crippen LogP contribution < -0.4 is 0 Å². The maximum atomic E-state index is 8.96. The van der Waals surface area contributed by atoms with Crippen LogP contribution in [-0.2, 0) is 0 Å². The van der Waals surface area contributed by atoms with E-state index in [0.717, 1.165) is 25.0 Å². The van der Waals surface area contributed by atoms with Gasteiger partial charge in [0.05, 0.1) is 0 Å². The lowest BCUT2D eigenvalue weighted by molar-refractivity contribution is 0.295. The molecule has 1 rings (SSSR count). The Morgan fingerprint density at radius 2 is 1.94 bits per heavy atom. The van der Waals surface area contributed by atoms with Crippen LogP contribution in [0, 0.1) is 28.1 Å². The monoisotopic (exact) mass is 229 g/mol. The molecule has 0 unspecified atom stereocenters. The standard InChI is InChI=1S/C14H19N3/c1-5-17(4)13-6-11(12(9-15)10-16)7-14(2,3)8-13/h6H,5,7-8H2,1-4H3. The minimum absolute atomic E-state index is 0.113. The lowest BCUT2D eigenvalue weighted by Crippen LogP contribution is -2.26. The first kappa shape index (κ1) is 13.3. The summed E-state index contributed by atoms with van der Waals surface area (Å²) in [6, 6.07) is 3.98. The molecule has 0 radical (unpaired) electrons. The van der Waals surface area contributed by atoms with E-state index >= 15 is 0 Å². The van der Waals surface area contributed by atoms with Gasteiger partial charge in [-0.25, -0.2) is 0 Å². The van der Waals surface area contributed by atoms with Gasteiger partial charge in [0.25, 0.3) is 0 Å². The van der Waals surface area contributed by atoms with Crippen molar-refractivity contribution in [2.45, 2.75) is 33.6 Å². The van der Waals surface area contributed by atoms with Gasteiger partial charge in [0.15, 0.2) is 0 Å². The van der Waals surface area contributed by atoms with E-state index in [1.165, 1.54) is 5.70 Å². The first-order valence-corrected chi connectivity index (χ1v) is 5.88. The number of hydrogen-bond donors (Lipinski definition) is 0. The van der Waals surface area contributed by atoms with Crippen molar-refractivity contribution in [3.05, 3.63) is 22.9 Å². The zero-order valence-electron chi connectivity index (χ0n) is 11.0. The number of allylic oxidation sites excluding steroid dienone is 4. The molecular formula is C14H19N3. The van der Waals surface area contributed by atoms with Crippen molar-refractivity contribution in [1.82, 2.24) is 4.90 Å². The van der Waals surface area contributed by atoms with Crippen LogP contribution in [0.5, 0.6) is 0 Å². The second-order valence-electron chi connectivity index (χ2n) is 5.29. The Morgan fingerprint density at radius 3 is 2.41 bits per heavy atom.